The van der Waals surface area contributed by atoms with Gasteiger partial charge in [0.15, 0.2) is 0 Å². The van der Waals surface area contributed by atoms with E-state index in [2.05, 4.69) is 23.6 Å². The van der Waals surface area contributed by atoms with Crippen LogP contribution in [0.2, 0.25) is 5.02 Å². The number of thioether (sulfide) groups is 1. The zero-order valence-corrected chi connectivity index (χ0v) is 13.1. The number of hydrogen-bond donors (Lipinski definition) is 2. The molecule has 2 heterocycles. The molecule has 3 atom stereocenters. The first-order chi connectivity index (χ1) is 9.65. The van der Waals surface area contributed by atoms with E-state index < -0.39 is 0 Å². The van der Waals surface area contributed by atoms with Crippen LogP contribution >= 0.6 is 23.4 Å². The molecule has 0 aliphatic carbocycles. The molecular weight excluding hydrogens is 292 g/mol. The van der Waals surface area contributed by atoms with Crippen molar-refractivity contribution in [1.29, 1.82) is 0 Å². The van der Waals surface area contributed by atoms with Crippen molar-refractivity contribution in [3.63, 3.8) is 0 Å². The van der Waals surface area contributed by atoms with Crippen LogP contribution in [0.25, 0.3) is 0 Å². The Balaban J connectivity index is 1.76. The minimum absolute atomic E-state index is 0.0900. The molecule has 0 spiro atoms. The van der Waals surface area contributed by atoms with Crippen molar-refractivity contribution in [2.45, 2.75) is 36.7 Å². The van der Waals surface area contributed by atoms with E-state index in [1.807, 2.05) is 23.9 Å². The average molecular weight is 311 g/mol. The van der Waals surface area contributed by atoms with E-state index in [4.69, 9.17) is 11.6 Å². The highest BCUT2D eigenvalue weighted by atomic mass is 35.5. The molecule has 1 aromatic carbocycles. The quantitative estimate of drug-likeness (QED) is 0.882. The van der Waals surface area contributed by atoms with Gasteiger partial charge >= 0.3 is 0 Å². The normalized spacial score (nSPS) is 29.0. The molecule has 1 fully saturated rings. The van der Waals surface area contributed by atoms with Crippen molar-refractivity contribution in [2.24, 2.45) is 5.92 Å². The van der Waals surface area contributed by atoms with Crippen LogP contribution in [-0.2, 0) is 4.79 Å². The van der Waals surface area contributed by atoms with Gasteiger partial charge in [-0.2, -0.15) is 0 Å². The smallest absolute Gasteiger partial charge is 0.225 e. The SMILES string of the molecule is CC1NCCC1C(=O)NC1CCSc2ccc(Cl)cc21. The van der Waals surface area contributed by atoms with E-state index in [0.717, 1.165) is 30.2 Å². The van der Waals surface area contributed by atoms with Gasteiger partial charge in [0.2, 0.25) is 5.91 Å². The first kappa shape index (κ1) is 14.2. The van der Waals surface area contributed by atoms with Gasteiger partial charge in [-0.3, -0.25) is 4.79 Å². The monoisotopic (exact) mass is 310 g/mol. The van der Waals surface area contributed by atoms with E-state index in [0.29, 0.717) is 0 Å². The molecule has 1 amide bonds. The minimum Gasteiger partial charge on any atom is -0.349 e. The molecule has 0 saturated carbocycles. The molecule has 3 rings (SSSR count). The van der Waals surface area contributed by atoms with E-state index in [-0.39, 0.29) is 23.9 Å². The molecule has 108 valence electrons. The molecule has 2 aliphatic rings. The van der Waals surface area contributed by atoms with Crippen molar-refractivity contribution in [2.75, 3.05) is 12.3 Å². The Kier molecular flexibility index (Phi) is 4.24. The Labute approximate surface area is 128 Å². The zero-order valence-electron chi connectivity index (χ0n) is 11.5. The van der Waals surface area contributed by atoms with E-state index in [9.17, 15) is 4.79 Å². The maximum Gasteiger partial charge on any atom is 0.225 e. The Morgan fingerprint density at radius 3 is 3.05 bits per heavy atom. The topological polar surface area (TPSA) is 41.1 Å². The summed E-state index contributed by atoms with van der Waals surface area (Å²) in [5.41, 5.74) is 1.17. The van der Waals surface area contributed by atoms with Crippen molar-refractivity contribution in [3.8, 4) is 0 Å². The van der Waals surface area contributed by atoms with Gasteiger partial charge in [0.1, 0.15) is 0 Å². The first-order valence-corrected chi connectivity index (χ1v) is 8.47. The number of benzene rings is 1. The van der Waals surface area contributed by atoms with Gasteiger partial charge in [-0.1, -0.05) is 11.6 Å². The summed E-state index contributed by atoms with van der Waals surface area (Å²) < 4.78 is 0. The molecule has 1 aromatic rings. The lowest BCUT2D eigenvalue weighted by molar-refractivity contribution is -0.125. The van der Waals surface area contributed by atoms with Crippen LogP contribution in [0.5, 0.6) is 0 Å². The highest BCUT2D eigenvalue weighted by Gasteiger charge is 2.32. The third-order valence-corrected chi connectivity index (χ3v) is 5.55. The number of fused-ring (bicyclic) bond motifs is 1. The Morgan fingerprint density at radius 2 is 2.30 bits per heavy atom. The lowest BCUT2D eigenvalue weighted by atomic mass is 9.98. The highest BCUT2D eigenvalue weighted by molar-refractivity contribution is 7.99. The van der Waals surface area contributed by atoms with Gasteiger partial charge in [0.05, 0.1) is 12.0 Å². The maximum atomic E-state index is 12.4. The number of carbonyl (C=O) groups excluding carboxylic acids is 1. The largest absolute Gasteiger partial charge is 0.349 e. The van der Waals surface area contributed by atoms with Crippen LogP contribution in [0.15, 0.2) is 23.1 Å². The number of halogens is 1. The van der Waals surface area contributed by atoms with E-state index in [1.165, 1.54) is 10.5 Å². The summed E-state index contributed by atoms with van der Waals surface area (Å²) in [6.07, 6.45) is 1.90. The molecule has 3 unspecified atom stereocenters. The maximum absolute atomic E-state index is 12.4. The van der Waals surface area contributed by atoms with Gasteiger partial charge in [0.25, 0.3) is 0 Å². The number of rotatable bonds is 2. The van der Waals surface area contributed by atoms with Crippen LogP contribution in [-0.4, -0.2) is 24.2 Å². The van der Waals surface area contributed by atoms with Crippen LogP contribution in [0, 0.1) is 5.92 Å². The first-order valence-electron chi connectivity index (χ1n) is 7.11. The van der Waals surface area contributed by atoms with Crippen molar-refractivity contribution < 1.29 is 4.79 Å². The molecule has 0 aromatic heterocycles. The number of nitrogens with one attached hydrogen (secondary N) is 2. The summed E-state index contributed by atoms with van der Waals surface area (Å²) in [7, 11) is 0. The fourth-order valence-corrected chi connectivity index (χ4v) is 4.30. The van der Waals surface area contributed by atoms with Crippen LogP contribution in [0.3, 0.4) is 0 Å². The Hall–Kier alpha value is -0.710. The van der Waals surface area contributed by atoms with Crippen LogP contribution < -0.4 is 10.6 Å². The predicted octanol–water partition coefficient (Wildman–Crippen LogP) is 2.99. The highest BCUT2D eigenvalue weighted by Crippen LogP contribution is 2.37. The molecule has 0 radical (unpaired) electrons. The summed E-state index contributed by atoms with van der Waals surface area (Å²) in [6.45, 7) is 3.01. The third-order valence-electron chi connectivity index (χ3n) is 4.19. The molecule has 0 bridgehead atoms. The minimum atomic E-state index is 0.0900. The van der Waals surface area contributed by atoms with E-state index in [1.54, 1.807) is 0 Å². The van der Waals surface area contributed by atoms with Crippen molar-refractivity contribution in [3.05, 3.63) is 28.8 Å². The summed E-state index contributed by atoms with van der Waals surface area (Å²) in [4.78, 5) is 13.7. The van der Waals surface area contributed by atoms with Gasteiger partial charge < -0.3 is 10.6 Å². The van der Waals surface area contributed by atoms with Crippen molar-refractivity contribution in [1.82, 2.24) is 10.6 Å². The van der Waals surface area contributed by atoms with Gasteiger partial charge in [-0.15, -0.1) is 11.8 Å². The van der Waals surface area contributed by atoms with Crippen LogP contribution in [0.4, 0.5) is 0 Å². The number of carbonyl (C=O) groups is 1. The lowest BCUT2D eigenvalue weighted by Crippen LogP contribution is -2.39. The summed E-state index contributed by atoms with van der Waals surface area (Å²) in [5, 5.41) is 7.29. The fourth-order valence-electron chi connectivity index (χ4n) is 3.01. The second-order valence-electron chi connectivity index (χ2n) is 5.52. The fraction of sp³-hybridized carbons (Fsp3) is 0.533. The molecule has 1 saturated heterocycles. The molecular formula is C15H19ClN2OS. The van der Waals surface area contributed by atoms with Crippen molar-refractivity contribution >= 4 is 29.3 Å². The van der Waals surface area contributed by atoms with Crippen LogP contribution in [0.1, 0.15) is 31.4 Å². The summed E-state index contributed by atoms with van der Waals surface area (Å²) in [5.74, 6) is 1.30. The van der Waals surface area contributed by atoms with Gasteiger partial charge in [-0.25, -0.2) is 0 Å². The average Bonchev–Trinajstić information content (AvgIpc) is 2.86. The second-order valence-corrected chi connectivity index (χ2v) is 7.09. The molecule has 2 N–H and O–H groups in total. The van der Waals surface area contributed by atoms with E-state index >= 15 is 0 Å². The summed E-state index contributed by atoms with van der Waals surface area (Å²) >= 11 is 7.94. The number of hydrogen-bond acceptors (Lipinski definition) is 3. The summed E-state index contributed by atoms with van der Waals surface area (Å²) in [6, 6.07) is 6.34. The Morgan fingerprint density at radius 1 is 1.45 bits per heavy atom. The predicted molar refractivity (Wildman–Crippen MR) is 83.2 cm³/mol. The molecule has 3 nitrogen and oxygen atoms in total. The Bertz CT molecular complexity index is 523. The standard InChI is InChI=1S/C15H19ClN2OS/c1-9-11(4-6-17-9)15(19)18-13-5-7-20-14-3-2-10(16)8-12(13)14/h2-3,8-9,11,13,17H,4-7H2,1H3,(H,18,19). The van der Waals surface area contributed by atoms with Gasteiger partial charge in [0, 0.05) is 21.7 Å². The molecule has 2 aliphatic heterocycles. The lowest BCUT2D eigenvalue weighted by Gasteiger charge is -2.28. The number of amides is 1. The zero-order chi connectivity index (χ0) is 14.1. The molecule has 5 heteroatoms. The molecule has 20 heavy (non-hydrogen) atoms. The third kappa shape index (κ3) is 2.83. The second kappa shape index (κ2) is 5.96. The van der Waals surface area contributed by atoms with Gasteiger partial charge in [-0.05, 0) is 50.1 Å².